The number of anilines is 1. The van der Waals surface area contributed by atoms with E-state index < -0.39 is 23.7 Å². The Morgan fingerprint density at radius 3 is 2.53 bits per heavy atom. The van der Waals surface area contributed by atoms with Crippen molar-refractivity contribution in [1.29, 1.82) is 0 Å². The van der Waals surface area contributed by atoms with Crippen molar-refractivity contribution in [3.8, 4) is 17.0 Å². The molecule has 2 aromatic heterocycles. The number of carboxylic acid groups (broad SMARTS) is 1. The van der Waals surface area contributed by atoms with Crippen molar-refractivity contribution in [2.24, 2.45) is 13.0 Å². The van der Waals surface area contributed by atoms with Crippen LogP contribution in [0.4, 0.5) is 18.9 Å². The maximum atomic E-state index is 12.8. The fourth-order valence-electron chi connectivity index (χ4n) is 4.42. The number of carbonyl (C=O) groups is 2. The summed E-state index contributed by atoms with van der Waals surface area (Å²) in [5.74, 6) is -0.557. The van der Waals surface area contributed by atoms with Crippen LogP contribution in [0.25, 0.3) is 11.3 Å². The Balaban J connectivity index is 1.42. The number of hydrogen-bond acceptors (Lipinski definition) is 6. The third kappa shape index (κ3) is 6.88. The van der Waals surface area contributed by atoms with Gasteiger partial charge in [0, 0.05) is 43.7 Å². The lowest BCUT2D eigenvalue weighted by molar-refractivity contribution is -0.141. The SMILES string of the molecule is Cn1nccc1-c1cc(NC(=O)c2ccc(C(F)(F)F)nc2)ccc1OCCN1CCC(CC(=O)O)CC1. The van der Waals surface area contributed by atoms with Crippen molar-refractivity contribution in [3.05, 3.63) is 60.0 Å². The Morgan fingerprint density at radius 2 is 1.92 bits per heavy atom. The molecule has 1 fully saturated rings. The van der Waals surface area contributed by atoms with Gasteiger partial charge in [-0.15, -0.1) is 0 Å². The summed E-state index contributed by atoms with van der Waals surface area (Å²) in [6.07, 6.45) is -0.164. The quantitative estimate of drug-likeness (QED) is 0.423. The summed E-state index contributed by atoms with van der Waals surface area (Å²) in [6, 6.07) is 8.75. The van der Waals surface area contributed by atoms with Gasteiger partial charge in [-0.2, -0.15) is 18.3 Å². The van der Waals surface area contributed by atoms with Crippen LogP contribution in [-0.4, -0.2) is 62.9 Å². The number of aliphatic carboxylic acids is 1. The molecule has 0 spiro atoms. The van der Waals surface area contributed by atoms with E-state index in [1.807, 2.05) is 0 Å². The monoisotopic (exact) mass is 531 g/mol. The second-order valence-corrected chi connectivity index (χ2v) is 9.17. The fourth-order valence-corrected chi connectivity index (χ4v) is 4.42. The molecule has 1 aromatic carbocycles. The van der Waals surface area contributed by atoms with E-state index in [2.05, 4.69) is 20.3 Å². The van der Waals surface area contributed by atoms with Gasteiger partial charge in [-0.3, -0.25) is 24.2 Å². The first-order valence-corrected chi connectivity index (χ1v) is 12.1. The minimum Gasteiger partial charge on any atom is -0.492 e. The molecule has 3 heterocycles. The van der Waals surface area contributed by atoms with Crippen LogP contribution in [0.2, 0.25) is 0 Å². The first-order valence-electron chi connectivity index (χ1n) is 12.1. The molecule has 4 rings (SSSR count). The van der Waals surface area contributed by atoms with Gasteiger partial charge in [0.1, 0.15) is 18.1 Å². The number of pyridine rings is 1. The molecule has 1 aliphatic heterocycles. The normalized spacial score (nSPS) is 14.8. The Kier molecular flexibility index (Phi) is 8.30. The van der Waals surface area contributed by atoms with E-state index in [0.29, 0.717) is 30.2 Å². The first-order chi connectivity index (χ1) is 18.1. The molecule has 2 N–H and O–H groups in total. The van der Waals surface area contributed by atoms with E-state index in [1.54, 1.807) is 42.2 Å². The van der Waals surface area contributed by atoms with E-state index >= 15 is 0 Å². The highest BCUT2D eigenvalue weighted by Gasteiger charge is 2.32. The molecule has 1 saturated heterocycles. The Bertz CT molecular complexity index is 1270. The summed E-state index contributed by atoms with van der Waals surface area (Å²) in [7, 11) is 1.78. The molecule has 0 radical (unpaired) electrons. The van der Waals surface area contributed by atoms with Gasteiger partial charge in [0.05, 0.1) is 11.3 Å². The molecule has 0 atom stereocenters. The van der Waals surface area contributed by atoms with E-state index in [0.717, 1.165) is 50.0 Å². The lowest BCUT2D eigenvalue weighted by atomic mass is 9.94. The summed E-state index contributed by atoms with van der Waals surface area (Å²) in [4.78, 5) is 29.1. The Morgan fingerprint density at radius 1 is 1.16 bits per heavy atom. The second kappa shape index (κ2) is 11.6. The highest BCUT2D eigenvalue weighted by atomic mass is 19.4. The molecule has 0 saturated carbocycles. The van der Waals surface area contributed by atoms with Crippen molar-refractivity contribution in [2.45, 2.75) is 25.4 Å². The van der Waals surface area contributed by atoms with Crippen molar-refractivity contribution in [3.63, 3.8) is 0 Å². The highest BCUT2D eigenvalue weighted by molar-refractivity contribution is 6.04. The van der Waals surface area contributed by atoms with Crippen molar-refractivity contribution in [1.82, 2.24) is 19.7 Å². The van der Waals surface area contributed by atoms with Crippen LogP contribution in [0.15, 0.2) is 48.8 Å². The topological polar surface area (TPSA) is 110 Å². The zero-order chi connectivity index (χ0) is 27.3. The molecule has 1 amide bonds. The maximum absolute atomic E-state index is 12.8. The molecule has 12 heteroatoms. The van der Waals surface area contributed by atoms with Crippen LogP contribution in [0.1, 0.15) is 35.3 Å². The maximum Gasteiger partial charge on any atom is 0.433 e. The minimum absolute atomic E-state index is 0.00691. The number of piperidine rings is 1. The van der Waals surface area contributed by atoms with Gasteiger partial charge in [-0.25, -0.2) is 0 Å². The molecule has 0 aliphatic carbocycles. The molecule has 38 heavy (non-hydrogen) atoms. The number of nitrogens with one attached hydrogen (secondary N) is 1. The molecular weight excluding hydrogens is 503 g/mol. The van der Waals surface area contributed by atoms with Crippen LogP contribution in [0.5, 0.6) is 5.75 Å². The number of carbonyl (C=O) groups excluding carboxylic acids is 1. The van der Waals surface area contributed by atoms with Gasteiger partial charge in [-0.1, -0.05) is 0 Å². The van der Waals surface area contributed by atoms with Crippen molar-refractivity contribution in [2.75, 3.05) is 31.6 Å². The number of carboxylic acids is 1. The Labute approximate surface area is 217 Å². The summed E-state index contributed by atoms with van der Waals surface area (Å²) < 4.78 is 46.1. The standard InChI is InChI=1S/C26H28F3N5O4/c1-33-21(6-9-31-33)20-15-19(32-25(37)18-2-5-23(30-16-18)26(27,28)29)3-4-22(20)38-13-12-34-10-7-17(8-11-34)14-24(35)36/h2-6,9,15-17H,7-8,10-14H2,1H3,(H,32,37)(H,35,36). The molecule has 1 aliphatic rings. The number of aromatic nitrogens is 3. The number of likely N-dealkylation sites (tertiary alicyclic amines) is 1. The number of aryl methyl sites for hydroxylation is 1. The van der Waals surface area contributed by atoms with Crippen LogP contribution < -0.4 is 10.1 Å². The minimum atomic E-state index is -4.58. The molecular formula is C26H28F3N5O4. The van der Waals surface area contributed by atoms with Crippen LogP contribution >= 0.6 is 0 Å². The smallest absolute Gasteiger partial charge is 0.433 e. The van der Waals surface area contributed by atoms with Crippen molar-refractivity contribution >= 4 is 17.6 Å². The largest absolute Gasteiger partial charge is 0.492 e. The van der Waals surface area contributed by atoms with Gasteiger partial charge in [0.25, 0.3) is 5.91 Å². The van der Waals surface area contributed by atoms with E-state index in [9.17, 15) is 22.8 Å². The summed E-state index contributed by atoms with van der Waals surface area (Å²) >= 11 is 0. The highest BCUT2D eigenvalue weighted by Crippen LogP contribution is 2.33. The number of ether oxygens (including phenoxy) is 1. The average Bonchev–Trinajstić information content (AvgIpc) is 3.30. The first kappa shape index (κ1) is 27.1. The number of alkyl halides is 3. The van der Waals surface area contributed by atoms with E-state index in [1.165, 1.54) is 0 Å². The number of rotatable bonds is 9. The lowest BCUT2D eigenvalue weighted by Crippen LogP contribution is -2.37. The summed E-state index contributed by atoms with van der Waals surface area (Å²) in [6.45, 7) is 2.74. The Hall–Kier alpha value is -3.93. The van der Waals surface area contributed by atoms with Gasteiger partial charge in [0.15, 0.2) is 0 Å². The fraction of sp³-hybridized carbons (Fsp3) is 0.385. The van der Waals surface area contributed by atoms with Crippen molar-refractivity contribution < 1.29 is 32.6 Å². The van der Waals surface area contributed by atoms with E-state index in [-0.39, 0.29) is 17.9 Å². The number of amides is 1. The van der Waals surface area contributed by atoms with Crippen LogP contribution in [-0.2, 0) is 18.0 Å². The molecule has 0 unspecified atom stereocenters. The third-order valence-electron chi connectivity index (χ3n) is 6.49. The number of nitrogens with zero attached hydrogens (tertiary/aromatic N) is 4. The van der Waals surface area contributed by atoms with Crippen LogP contribution in [0.3, 0.4) is 0 Å². The number of hydrogen-bond donors (Lipinski definition) is 2. The lowest BCUT2D eigenvalue weighted by Gasteiger charge is -2.31. The molecule has 202 valence electrons. The zero-order valence-corrected chi connectivity index (χ0v) is 20.7. The number of halogens is 3. The predicted octanol–water partition coefficient (Wildman–Crippen LogP) is 4.32. The number of benzene rings is 1. The predicted molar refractivity (Wildman–Crippen MR) is 133 cm³/mol. The van der Waals surface area contributed by atoms with Crippen LogP contribution in [0, 0.1) is 5.92 Å². The second-order valence-electron chi connectivity index (χ2n) is 9.17. The molecule has 0 bridgehead atoms. The van der Waals surface area contributed by atoms with Gasteiger partial charge >= 0.3 is 12.1 Å². The molecule has 9 nitrogen and oxygen atoms in total. The van der Waals surface area contributed by atoms with Gasteiger partial charge < -0.3 is 15.2 Å². The summed E-state index contributed by atoms with van der Waals surface area (Å²) in [5.41, 5.74) is 0.792. The third-order valence-corrected chi connectivity index (χ3v) is 6.49. The van der Waals surface area contributed by atoms with E-state index in [4.69, 9.17) is 9.84 Å². The van der Waals surface area contributed by atoms with Gasteiger partial charge in [-0.05, 0) is 68.2 Å². The molecule has 3 aromatic rings. The summed E-state index contributed by atoms with van der Waals surface area (Å²) in [5, 5.41) is 15.9. The average molecular weight is 532 g/mol. The van der Waals surface area contributed by atoms with Gasteiger partial charge in [0.2, 0.25) is 0 Å². The zero-order valence-electron chi connectivity index (χ0n) is 20.7.